The van der Waals surface area contributed by atoms with Gasteiger partial charge in [0, 0.05) is 13.0 Å². The zero-order valence-electron chi connectivity index (χ0n) is 19.1. The van der Waals surface area contributed by atoms with Crippen LogP contribution in [0.25, 0.3) is 0 Å². The van der Waals surface area contributed by atoms with Crippen molar-refractivity contribution in [1.29, 1.82) is 0 Å². The predicted molar refractivity (Wildman–Crippen MR) is 111 cm³/mol. The van der Waals surface area contributed by atoms with Gasteiger partial charge in [-0.3, -0.25) is 4.90 Å². The van der Waals surface area contributed by atoms with Crippen molar-refractivity contribution < 1.29 is 28.2 Å². The van der Waals surface area contributed by atoms with Gasteiger partial charge in [0.2, 0.25) is 0 Å². The van der Waals surface area contributed by atoms with Gasteiger partial charge in [-0.2, -0.15) is 0 Å². The Morgan fingerprint density at radius 2 is 1.75 bits per heavy atom. The molecule has 0 aromatic heterocycles. The van der Waals surface area contributed by atoms with Crippen LogP contribution in [0.5, 0.6) is 0 Å². The summed E-state index contributed by atoms with van der Waals surface area (Å²) in [4.78, 5) is 26.4. The van der Waals surface area contributed by atoms with E-state index in [0.29, 0.717) is 19.6 Å². The molecular formula is C20H39NO6Si. The summed E-state index contributed by atoms with van der Waals surface area (Å²) in [7, 11) is -1.53. The fourth-order valence-corrected chi connectivity index (χ4v) is 4.47. The first-order chi connectivity index (χ1) is 12.7. The molecule has 7 nitrogen and oxygen atoms in total. The van der Waals surface area contributed by atoms with Crippen LogP contribution < -0.4 is 0 Å². The van der Waals surface area contributed by atoms with Crippen molar-refractivity contribution >= 4 is 21.1 Å². The normalized spacial score (nSPS) is 23.2. The van der Waals surface area contributed by atoms with Crippen molar-refractivity contribution in [1.82, 2.24) is 4.90 Å². The van der Waals surface area contributed by atoms with Crippen LogP contribution in [-0.2, 0) is 23.4 Å². The molecule has 8 heteroatoms. The molecule has 1 amide bonds. The monoisotopic (exact) mass is 417 g/mol. The summed E-state index contributed by atoms with van der Waals surface area (Å²) in [6, 6.07) is 0. The van der Waals surface area contributed by atoms with Crippen molar-refractivity contribution in [3.8, 4) is 0 Å². The molecule has 1 heterocycles. The third kappa shape index (κ3) is 7.37. The highest BCUT2D eigenvalue weighted by Gasteiger charge is 2.53. The molecule has 1 rings (SSSR count). The van der Waals surface area contributed by atoms with E-state index in [0.717, 1.165) is 0 Å². The minimum Gasteiger partial charge on any atom is -0.464 e. The Kier molecular flexibility index (Phi) is 8.53. The summed E-state index contributed by atoms with van der Waals surface area (Å²) >= 11 is 0. The lowest BCUT2D eigenvalue weighted by atomic mass is 9.79. The van der Waals surface area contributed by atoms with Gasteiger partial charge in [0.05, 0.1) is 13.2 Å². The molecule has 2 atom stereocenters. The lowest BCUT2D eigenvalue weighted by molar-refractivity contribution is -0.155. The van der Waals surface area contributed by atoms with Crippen molar-refractivity contribution in [2.45, 2.75) is 79.3 Å². The maximum absolute atomic E-state index is 13.0. The Bertz CT molecular complexity index is 540. The Balaban J connectivity index is 3.12. The summed E-state index contributed by atoms with van der Waals surface area (Å²) in [5, 5.41) is 0. The molecule has 0 radical (unpaired) electrons. The van der Waals surface area contributed by atoms with E-state index >= 15 is 0 Å². The molecule has 0 aliphatic carbocycles. The first kappa shape index (κ1) is 24.9. The quantitative estimate of drug-likeness (QED) is 0.466. The van der Waals surface area contributed by atoms with Gasteiger partial charge in [0.15, 0.2) is 14.8 Å². The molecule has 1 aliphatic heterocycles. The van der Waals surface area contributed by atoms with Gasteiger partial charge in [0.1, 0.15) is 12.2 Å². The molecule has 0 aromatic carbocycles. The minimum absolute atomic E-state index is 0.00888. The Morgan fingerprint density at radius 3 is 2.21 bits per heavy atom. The first-order valence-corrected chi connectivity index (χ1v) is 12.9. The zero-order chi connectivity index (χ0) is 21.8. The molecule has 0 saturated carbocycles. The standard InChI is InChI=1S/C20H39NO6Si/c1-10-25-16(22)13-24-14-20(27-28(8)9)11-15(18(2,3)4)12-21(20)17(23)26-19(5,6)7/h15,28H,10-14H2,1-9H3/t15-,20-/m0/s1. The molecule has 1 fully saturated rings. The van der Waals surface area contributed by atoms with Gasteiger partial charge < -0.3 is 18.6 Å². The lowest BCUT2D eigenvalue weighted by Gasteiger charge is -2.40. The van der Waals surface area contributed by atoms with Crippen molar-refractivity contribution in [2.24, 2.45) is 11.3 Å². The number of hydrogen-bond acceptors (Lipinski definition) is 6. The molecular weight excluding hydrogens is 378 g/mol. The molecule has 0 unspecified atom stereocenters. The van der Waals surface area contributed by atoms with Crippen LogP contribution in [0.1, 0.15) is 54.9 Å². The highest BCUT2D eigenvalue weighted by Crippen LogP contribution is 2.44. The number of carbonyl (C=O) groups excluding carboxylic acids is 2. The maximum atomic E-state index is 13.0. The summed E-state index contributed by atoms with van der Waals surface area (Å²) in [5.74, 6) is -0.201. The van der Waals surface area contributed by atoms with Crippen LogP contribution in [0.3, 0.4) is 0 Å². The van der Waals surface area contributed by atoms with E-state index in [4.69, 9.17) is 18.6 Å². The number of nitrogens with zero attached hydrogens (tertiary/aromatic N) is 1. The molecule has 0 spiro atoms. The second kappa shape index (κ2) is 9.58. The van der Waals surface area contributed by atoms with Gasteiger partial charge in [-0.1, -0.05) is 20.8 Å². The van der Waals surface area contributed by atoms with Crippen LogP contribution in [-0.4, -0.2) is 63.7 Å². The SMILES string of the molecule is CCOC(=O)COC[C@@]1(O[SiH](C)C)C[C@H](C(C)(C)C)CN1C(=O)OC(C)(C)C. The second-order valence-electron chi connectivity index (χ2n) is 9.77. The Labute approximate surface area is 171 Å². The number of amides is 1. The van der Waals surface area contributed by atoms with Crippen molar-refractivity contribution in [3.63, 3.8) is 0 Å². The van der Waals surface area contributed by atoms with Crippen molar-refractivity contribution in [2.75, 3.05) is 26.4 Å². The third-order valence-corrected chi connectivity index (χ3v) is 5.52. The predicted octanol–water partition coefficient (Wildman–Crippen LogP) is 3.57. The summed E-state index contributed by atoms with van der Waals surface area (Å²) < 4.78 is 22.7. The van der Waals surface area contributed by atoms with Gasteiger partial charge in [0.25, 0.3) is 0 Å². The smallest absolute Gasteiger partial charge is 0.412 e. The molecule has 1 saturated heterocycles. The van der Waals surface area contributed by atoms with E-state index in [1.165, 1.54) is 0 Å². The average molecular weight is 418 g/mol. The molecule has 164 valence electrons. The van der Waals surface area contributed by atoms with E-state index in [1.54, 1.807) is 11.8 Å². The van der Waals surface area contributed by atoms with Crippen LogP contribution in [0.2, 0.25) is 13.1 Å². The van der Waals surface area contributed by atoms with E-state index in [1.807, 2.05) is 20.8 Å². The molecule has 1 aliphatic rings. The van der Waals surface area contributed by atoms with Gasteiger partial charge >= 0.3 is 12.1 Å². The van der Waals surface area contributed by atoms with Crippen molar-refractivity contribution in [3.05, 3.63) is 0 Å². The number of hydrogen-bond donors (Lipinski definition) is 0. The van der Waals surface area contributed by atoms with Gasteiger partial charge in [-0.25, -0.2) is 9.59 Å². The molecule has 0 N–H and O–H groups in total. The number of carbonyl (C=O) groups is 2. The van der Waals surface area contributed by atoms with E-state index < -0.39 is 32.4 Å². The Morgan fingerprint density at radius 1 is 1.14 bits per heavy atom. The van der Waals surface area contributed by atoms with Crippen LogP contribution in [0.4, 0.5) is 4.79 Å². The average Bonchev–Trinajstić information content (AvgIpc) is 2.84. The topological polar surface area (TPSA) is 74.3 Å². The third-order valence-electron chi connectivity index (χ3n) is 4.61. The first-order valence-electron chi connectivity index (χ1n) is 10.1. The molecule has 0 aromatic rings. The highest BCUT2D eigenvalue weighted by molar-refractivity contribution is 6.48. The fourth-order valence-electron chi connectivity index (χ4n) is 3.30. The van der Waals surface area contributed by atoms with E-state index in [-0.39, 0.29) is 24.5 Å². The lowest BCUT2D eigenvalue weighted by Crippen LogP contribution is -2.55. The molecule has 28 heavy (non-hydrogen) atoms. The van der Waals surface area contributed by atoms with Crippen LogP contribution in [0, 0.1) is 11.3 Å². The van der Waals surface area contributed by atoms with Crippen LogP contribution in [0.15, 0.2) is 0 Å². The number of likely N-dealkylation sites (tertiary alicyclic amines) is 1. The number of ether oxygens (including phenoxy) is 3. The van der Waals surface area contributed by atoms with E-state index in [9.17, 15) is 9.59 Å². The van der Waals surface area contributed by atoms with Gasteiger partial charge in [-0.15, -0.1) is 0 Å². The summed E-state index contributed by atoms with van der Waals surface area (Å²) in [6.45, 7) is 18.7. The zero-order valence-corrected chi connectivity index (χ0v) is 20.2. The number of rotatable bonds is 7. The van der Waals surface area contributed by atoms with Gasteiger partial charge in [-0.05, 0) is 52.1 Å². The van der Waals surface area contributed by atoms with Crippen LogP contribution >= 0.6 is 0 Å². The fraction of sp³-hybridized carbons (Fsp3) is 0.900. The Hall–Kier alpha value is -1.12. The largest absolute Gasteiger partial charge is 0.464 e. The maximum Gasteiger partial charge on any atom is 0.412 e. The summed E-state index contributed by atoms with van der Waals surface area (Å²) in [6.07, 6.45) is 0.234. The van der Waals surface area contributed by atoms with E-state index in [2.05, 4.69) is 33.9 Å². The number of esters is 1. The molecule has 0 bridgehead atoms. The minimum atomic E-state index is -1.53. The second-order valence-corrected chi connectivity index (χ2v) is 12.1. The highest BCUT2D eigenvalue weighted by atomic mass is 28.3. The summed E-state index contributed by atoms with van der Waals surface area (Å²) in [5.41, 5.74) is -1.54.